The number of nitrogens with one attached hydrogen (secondary N) is 1. The Hall–Kier alpha value is -3.44. The Morgan fingerprint density at radius 2 is 1.58 bits per heavy atom. The molecule has 31 heavy (non-hydrogen) atoms. The van der Waals surface area contributed by atoms with Gasteiger partial charge in [0.2, 0.25) is 0 Å². The van der Waals surface area contributed by atoms with Gasteiger partial charge in [-0.05, 0) is 72.9 Å². The molecule has 0 bridgehead atoms. The number of nitrogens with zero attached hydrogens (tertiary/aromatic N) is 2. The normalized spacial score (nSPS) is 13.9. The lowest BCUT2D eigenvalue weighted by Crippen LogP contribution is -2.32. The van der Waals surface area contributed by atoms with Gasteiger partial charge in [-0.2, -0.15) is 0 Å². The van der Waals surface area contributed by atoms with E-state index in [0.29, 0.717) is 21.8 Å². The molecule has 0 fully saturated rings. The maximum atomic E-state index is 13.4. The smallest absolute Gasteiger partial charge is 0.278 e. The van der Waals surface area contributed by atoms with Crippen LogP contribution in [0.3, 0.4) is 0 Å². The number of aromatic nitrogens is 1. The topological polar surface area (TPSA) is 62.3 Å². The van der Waals surface area contributed by atoms with Crippen molar-refractivity contribution in [3.63, 3.8) is 0 Å². The fraction of sp³-hybridized carbons (Fsp3) is 0.160. The summed E-state index contributed by atoms with van der Waals surface area (Å²) in [6.07, 6.45) is 3.29. The summed E-state index contributed by atoms with van der Waals surface area (Å²) in [5.41, 5.74) is 5.94. The number of aryl methyl sites for hydroxylation is 3. The van der Waals surface area contributed by atoms with Crippen LogP contribution in [0.4, 0.5) is 5.69 Å². The second-order valence-corrected chi connectivity index (χ2v) is 8.12. The minimum absolute atomic E-state index is 0.175. The van der Waals surface area contributed by atoms with Crippen LogP contribution < -0.4 is 5.32 Å². The number of carbonyl (C=O) groups excluding carboxylic acids is 2. The number of benzene rings is 2. The number of imide groups is 1. The number of hydrogen-bond acceptors (Lipinski definition) is 4. The van der Waals surface area contributed by atoms with Crippen molar-refractivity contribution in [1.29, 1.82) is 0 Å². The Morgan fingerprint density at radius 1 is 0.871 bits per heavy atom. The highest BCUT2D eigenvalue weighted by Crippen LogP contribution is 2.33. The van der Waals surface area contributed by atoms with E-state index in [1.54, 1.807) is 36.7 Å². The van der Waals surface area contributed by atoms with Crippen LogP contribution in [0.5, 0.6) is 0 Å². The van der Waals surface area contributed by atoms with Crippen LogP contribution in [-0.2, 0) is 16.1 Å². The van der Waals surface area contributed by atoms with Gasteiger partial charge >= 0.3 is 0 Å². The number of anilines is 1. The molecule has 4 rings (SSSR count). The van der Waals surface area contributed by atoms with Gasteiger partial charge in [-0.25, -0.2) is 0 Å². The maximum absolute atomic E-state index is 13.4. The van der Waals surface area contributed by atoms with E-state index >= 15 is 0 Å². The molecule has 1 aromatic heterocycles. The first-order valence-corrected chi connectivity index (χ1v) is 10.3. The van der Waals surface area contributed by atoms with Crippen molar-refractivity contribution in [2.75, 3.05) is 5.32 Å². The molecule has 0 aliphatic carbocycles. The van der Waals surface area contributed by atoms with Gasteiger partial charge in [0.05, 0.1) is 12.1 Å². The van der Waals surface area contributed by atoms with E-state index in [0.717, 1.165) is 22.3 Å². The molecule has 6 heteroatoms. The monoisotopic (exact) mass is 431 g/mol. The summed E-state index contributed by atoms with van der Waals surface area (Å²) < 4.78 is 0. The first kappa shape index (κ1) is 20.8. The second kappa shape index (κ2) is 8.36. The molecule has 0 saturated heterocycles. The van der Waals surface area contributed by atoms with Crippen LogP contribution in [0.15, 0.2) is 66.6 Å². The van der Waals surface area contributed by atoms with E-state index in [1.165, 1.54) is 4.90 Å². The molecule has 2 aromatic carbocycles. The third-order valence-electron chi connectivity index (χ3n) is 5.51. The van der Waals surface area contributed by atoms with Crippen molar-refractivity contribution in [2.45, 2.75) is 27.3 Å². The molecule has 1 aliphatic heterocycles. The number of pyridine rings is 1. The summed E-state index contributed by atoms with van der Waals surface area (Å²) in [5, 5.41) is 3.75. The Labute approximate surface area is 186 Å². The van der Waals surface area contributed by atoms with Crippen LogP contribution in [-0.4, -0.2) is 21.7 Å². The Morgan fingerprint density at radius 3 is 2.29 bits per heavy atom. The van der Waals surface area contributed by atoms with Gasteiger partial charge in [0.1, 0.15) is 5.70 Å². The van der Waals surface area contributed by atoms with E-state index in [-0.39, 0.29) is 24.1 Å². The molecule has 3 aromatic rings. The maximum Gasteiger partial charge on any atom is 0.278 e. The number of carbonyl (C=O) groups is 2. The van der Waals surface area contributed by atoms with E-state index in [2.05, 4.69) is 10.3 Å². The van der Waals surface area contributed by atoms with Crippen LogP contribution >= 0.6 is 11.6 Å². The summed E-state index contributed by atoms with van der Waals surface area (Å²) in [6.45, 7) is 6.10. The SMILES string of the molecule is Cc1ccc(C2=C(Nc3cc(Cl)ccc3C)C(=O)N(Cc3ccncc3)C2=O)cc1C. The highest BCUT2D eigenvalue weighted by molar-refractivity contribution is 6.36. The van der Waals surface area contributed by atoms with Crippen molar-refractivity contribution in [1.82, 2.24) is 9.88 Å². The molecule has 0 spiro atoms. The van der Waals surface area contributed by atoms with Gasteiger partial charge in [-0.1, -0.05) is 35.9 Å². The van der Waals surface area contributed by atoms with Gasteiger partial charge in [-0.15, -0.1) is 0 Å². The lowest BCUT2D eigenvalue weighted by atomic mass is 9.99. The van der Waals surface area contributed by atoms with Gasteiger partial charge < -0.3 is 5.32 Å². The molecule has 2 amide bonds. The summed E-state index contributed by atoms with van der Waals surface area (Å²) in [6, 6.07) is 14.8. The minimum Gasteiger partial charge on any atom is -0.350 e. The van der Waals surface area contributed by atoms with Gasteiger partial charge in [0.15, 0.2) is 0 Å². The molecule has 0 unspecified atom stereocenters. The molecule has 0 radical (unpaired) electrons. The van der Waals surface area contributed by atoms with Crippen LogP contribution in [0, 0.1) is 20.8 Å². The molecular formula is C25H22ClN3O2. The average Bonchev–Trinajstić information content (AvgIpc) is 2.98. The number of rotatable bonds is 5. The highest BCUT2D eigenvalue weighted by Gasteiger charge is 2.39. The van der Waals surface area contributed by atoms with Crippen molar-refractivity contribution in [3.05, 3.63) is 99.5 Å². The van der Waals surface area contributed by atoms with E-state index in [9.17, 15) is 9.59 Å². The Kier molecular flexibility index (Phi) is 5.61. The Balaban J connectivity index is 1.80. The summed E-state index contributed by atoms with van der Waals surface area (Å²) in [5.74, 6) is -0.693. The fourth-order valence-corrected chi connectivity index (χ4v) is 3.71. The average molecular weight is 432 g/mol. The van der Waals surface area contributed by atoms with E-state index < -0.39 is 0 Å². The number of halogens is 1. The number of amides is 2. The molecule has 0 atom stereocenters. The molecule has 1 N–H and O–H groups in total. The largest absolute Gasteiger partial charge is 0.350 e. The van der Waals surface area contributed by atoms with Crippen LogP contribution in [0.2, 0.25) is 5.02 Å². The van der Waals surface area contributed by atoms with Crippen molar-refractivity contribution >= 4 is 34.7 Å². The van der Waals surface area contributed by atoms with Crippen molar-refractivity contribution in [2.24, 2.45) is 0 Å². The van der Waals surface area contributed by atoms with Crippen LogP contribution in [0.25, 0.3) is 5.57 Å². The summed E-state index contributed by atoms with van der Waals surface area (Å²) in [7, 11) is 0. The lowest BCUT2D eigenvalue weighted by molar-refractivity contribution is -0.137. The minimum atomic E-state index is -0.366. The third-order valence-corrected chi connectivity index (χ3v) is 5.75. The van der Waals surface area contributed by atoms with Crippen molar-refractivity contribution < 1.29 is 9.59 Å². The third kappa shape index (κ3) is 4.09. The zero-order valence-electron chi connectivity index (χ0n) is 17.6. The first-order valence-electron chi connectivity index (χ1n) is 9.95. The van der Waals surface area contributed by atoms with E-state index in [1.807, 2.05) is 45.0 Å². The van der Waals surface area contributed by atoms with Crippen LogP contribution in [0.1, 0.15) is 27.8 Å². The molecular weight excluding hydrogens is 410 g/mol. The van der Waals surface area contributed by atoms with Gasteiger partial charge in [0.25, 0.3) is 11.8 Å². The Bertz CT molecular complexity index is 1220. The zero-order valence-corrected chi connectivity index (χ0v) is 18.3. The predicted octanol–water partition coefficient (Wildman–Crippen LogP) is 5.05. The second-order valence-electron chi connectivity index (χ2n) is 7.69. The van der Waals surface area contributed by atoms with Crippen molar-refractivity contribution in [3.8, 4) is 0 Å². The lowest BCUT2D eigenvalue weighted by Gasteiger charge is -2.15. The van der Waals surface area contributed by atoms with E-state index in [4.69, 9.17) is 11.6 Å². The fourth-order valence-electron chi connectivity index (χ4n) is 3.53. The molecule has 156 valence electrons. The molecule has 2 heterocycles. The zero-order chi connectivity index (χ0) is 22.1. The predicted molar refractivity (Wildman–Crippen MR) is 122 cm³/mol. The summed E-state index contributed by atoms with van der Waals surface area (Å²) in [4.78, 5) is 32.1. The quantitative estimate of drug-likeness (QED) is 0.574. The standard InChI is InChI=1S/C25H22ClN3O2/c1-15-4-6-19(12-17(15)3)22-23(28-21-13-20(26)7-5-16(21)2)25(31)29(24(22)30)14-18-8-10-27-11-9-18/h4-13,28H,14H2,1-3H3. The molecule has 1 aliphatic rings. The first-order chi connectivity index (χ1) is 14.8. The summed E-state index contributed by atoms with van der Waals surface area (Å²) >= 11 is 6.17. The highest BCUT2D eigenvalue weighted by atomic mass is 35.5. The van der Waals surface area contributed by atoms with Gasteiger partial charge in [0, 0.05) is 23.1 Å². The molecule has 5 nitrogen and oxygen atoms in total. The van der Waals surface area contributed by atoms with Gasteiger partial charge in [-0.3, -0.25) is 19.5 Å². The number of hydrogen-bond donors (Lipinski definition) is 1. The molecule has 0 saturated carbocycles.